The van der Waals surface area contributed by atoms with Gasteiger partial charge in [0.05, 0.1) is 6.61 Å². The van der Waals surface area contributed by atoms with Gasteiger partial charge in [0, 0.05) is 6.07 Å². The van der Waals surface area contributed by atoms with Crippen molar-refractivity contribution in [2.45, 2.75) is 30.7 Å². The fourth-order valence-corrected chi connectivity index (χ4v) is 3.56. The number of phenols is 2. The zero-order valence-corrected chi connectivity index (χ0v) is 17.2. The highest BCUT2D eigenvalue weighted by atomic mass is 32.3. The van der Waals surface area contributed by atoms with Crippen LogP contribution in [0.1, 0.15) is 11.1 Å². The number of ether oxygens (including phenoxy) is 2. The molecule has 11 nitrogen and oxygen atoms in total. The number of aliphatic hydroxyl groups excluding tert-OH is 3. The average molecular weight is 470 g/mol. The molecule has 1 aliphatic rings. The summed E-state index contributed by atoms with van der Waals surface area (Å²) in [5.74, 6) is -0.127. The number of rotatable bonds is 7. The van der Waals surface area contributed by atoms with Gasteiger partial charge in [-0.3, -0.25) is 4.55 Å². The Labute approximate surface area is 183 Å². The second-order valence-electron chi connectivity index (χ2n) is 7.00. The van der Waals surface area contributed by atoms with Crippen molar-refractivity contribution in [3.63, 3.8) is 0 Å². The van der Waals surface area contributed by atoms with Crippen molar-refractivity contribution in [1.29, 1.82) is 0 Å². The van der Waals surface area contributed by atoms with E-state index in [2.05, 4.69) is 4.18 Å². The maximum absolute atomic E-state index is 11.2. The van der Waals surface area contributed by atoms with Crippen LogP contribution in [0.4, 0.5) is 0 Å². The van der Waals surface area contributed by atoms with Gasteiger partial charge in [0.25, 0.3) is 0 Å². The molecule has 0 amide bonds. The number of aliphatic hydroxyl groups is 3. The SMILES string of the molecule is O=S(=O)(O)OC1C(Oc2cc(O)cc(C=Cc3ccc(O)cc3)c2)OC(CO)C(O)C1O. The zero-order chi connectivity index (χ0) is 23.5. The first kappa shape index (κ1) is 23.9. The van der Waals surface area contributed by atoms with E-state index in [0.717, 1.165) is 5.56 Å². The summed E-state index contributed by atoms with van der Waals surface area (Å²) in [4.78, 5) is 0. The summed E-state index contributed by atoms with van der Waals surface area (Å²) in [6.07, 6.45) is -5.17. The number of benzene rings is 2. The van der Waals surface area contributed by atoms with E-state index < -0.39 is 47.7 Å². The van der Waals surface area contributed by atoms with Crippen LogP contribution in [0.2, 0.25) is 0 Å². The first-order valence-corrected chi connectivity index (χ1v) is 10.7. The van der Waals surface area contributed by atoms with Crippen LogP contribution < -0.4 is 4.74 Å². The van der Waals surface area contributed by atoms with Crippen molar-refractivity contribution in [2.24, 2.45) is 0 Å². The zero-order valence-electron chi connectivity index (χ0n) is 16.4. The number of phenolic OH excluding ortho intramolecular Hbond substituents is 2. The Balaban J connectivity index is 1.85. The molecule has 0 aromatic heterocycles. The Morgan fingerprint density at radius 3 is 2.22 bits per heavy atom. The molecular weight excluding hydrogens is 448 g/mol. The molecular formula is C20H22O11S. The van der Waals surface area contributed by atoms with Crippen LogP contribution in [-0.4, -0.2) is 75.8 Å². The minimum Gasteiger partial charge on any atom is -0.508 e. The molecule has 1 saturated heterocycles. The summed E-state index contributed by atoms with van der Waals surface area (Å²) < 4.78 is 46.5. The molecule has 0 radical (unpaired) electrons. The fraction of sp³-hybridized carbons (Fsp3) is 0.300. The van der Waals surface area contributed by atoms with Crippen LogP contribution in [0.15, 0.2) is 42.5 Å². The number of hydrogen-bond acceptors (Lipinski definition) is 10. The Morgan fingerprint density at radius 2 is 1.59 bits per heavy atom. The summed E-state index contributed by atoms with van der Waals surface area (Å²) in [7, 11) is -5.06. The first-order chi connectivity index (χ1) is 15.1. The number of aromatic hydroxyl groups is 2. The van der Waals surface area contributed by atoms with E-state index in [1.807, 2.05) is 0 Å². The molecule has 32 heavy (non-hydrogen) atoms. The monoisotopic (exact) mass is 470 g/mol. The normalized spacial score (nSPS) is 26.3. The van der Waals surface area contributed by atoms with E-state index in [0.29, 0.717) is 5.56 Å². The second kappa shape index (κ2) is 9.83. The molecule has 5 atom stereocenters. The number of hydrogen-bond donors (Lipinski definition) is 6. The van der Waals surface area contributed by atoms with Crippen molar-refractivity contribution in [1.82, 2.24) is 0 Å². The molecule has 1 heterocycles. The van der Waals surface area contributed by atoms with E-state index in [1.165, 1.54) is 30.3 Å². The fourth-order valence-electron chi connectivity index (χ4n) is 3.08. The molecule has 0 spiro atoms. The topological polar surface area (TPSA) is 183 Å². The standard InChI is InChI=1S/C20H22O11S/c21-10-16-17(24)18(25)19(31-32(26,27)28)20(30-16)29-15-8-12(7-14(23)9-15)2-1-11-3-5-13(22)6-4-11/h1-9,16-25H,10H2,(H,26,27,28). The maximum atomic E-state index is 11.2. The van der Waals surface area contributed by atoms with Crippen molar-refractivity contribution < 1.29 is 52.2 Å². The predicted octanol–water partition coefficient (Wildman–Crippen LogP) is 0.274. The lowest BCUT2D eigenvalue weighted by Gasteiger charge is -2.40. The van der Waals surface area contributed by atoms with E-state index in [1.54, 1.807) is 24.3 Å². The van der Waals surface area contributed by atoms with Gasteiger partial charge in [-0.2, -0.15) is 8.42 Å². The second-order valence-corrected chi connectivity index (χ2v) is 8.05. The Hall–Kier alpha value is -2.71. The third-order valence-corrected chi connectivity index (χ3v) is 5.05. The van der Waals surface area contributed by atoms with Crippen molar-refractivity contribution in [2.75, 3.05) is 6.61 Å². The quantitative estimate of drug-likeness (QED) is 0.241. The Bertz CT molecular complexity index is 1050. The van der Waals surface area contributed by atoms with Crippen LogP contribution in [0.25, 0.3) is 12.2 Å². The van der Waals surface area contributed by atoms with E-state index >= 15 is 0 Å². The predicted molar refractivity (Wildman–Crippen MR) is 110 cm³/mol. The highest BCUT2D eigenvalue weighted by Gasteiger charge is 2.48. The van der Waals surface area contributed by atoms with Crippen molar-refractivity contribution in [3.05, 3.63) is 53.6 Å². The van der Waals surface area contributed by atoms with Gasteiger partial charge in [-0.1, -0.05) is 24.3 Å². The molecule has 6 N–H and O–H groups in total. The Kier molecular flexibility index (Phi) is 7.36. The minimum absolute atomic E-state index is 0.0235. The lowest BCUT2D eigenvalue weighted by atomic mass is 9.99. The molecule has 5 unspecified atom stereocenters. The van der Waals surface area contributed by atoms with Gasteiger partial charge in [0.2, 0.25) is 6.29 Å². The van der Waals surface area contributed by atoms with Gasteiger partial charge in [-0.15, -0.1) is 0 Å². The van der Waals surface area contributed by atoms with Gasteiger partial charge in [-0.25, -0.2) is 4.18 Å². The third kappa shape index (κ3) is 6.17. The molecule has 0 saturated carbocycles. The Morgan fingerprint density at radius 1 is 0.938 bits per heavy atom. The van der Waals surface area contributed by atoms with Gasteiger partial charge in [-0.05, 0) is 35.4 Å². The highest BCUT2D eigenvalue weighted by molar-refractivity contribution is 7.80. The molecule has 174 valence electrons. The van der Waals surface area contributed by atoms with Crippen LogP contribution in [0.5, 0.6) is 17.2 Å². The van der Waals surface area contributed by atoms with Crippen LogP contribution in [0, 0.1) is 0 Å². The molecule has 0 aliphatic carbocycles. The summed E-state index contributed by atoms with van der Waals surface area (Å²) in [5, 5.41) is 48.8. The van der Waals surface area contributed by atoms with Gasteiger partial charge >= 0.3 is 10.4 Å². The summed E-state index contributed by atoms with van der Waals surface area (Å²) in [6, 6.07) is 10.4. The smallest absolute Gasteiger partial charge is 0.397 e. The molecule has 12 heteroatoms. The first-order valence-electron chi connectivity index (χ1n) is 9.32. The lowest BCUT2D eigenvalue weighted by Crippen LogP contribution is -2.61. The molecule has 3 rings (SSSR count). The van der Waals surface area contributed by atoms with E-state index in [9.17, 15) is 34.0 Å². The van der Waals surface area contributed by atoms with Gasteiger partial charge in [0.15, 0.2) is 6.10 Å². The molecule has 2 aromatic carbocycles. The highest BCUT2D eigenvalue weighted by Crippen LogP contribution is 2.30. The maximum Gasteiger partial charge on any atom is 0.397 e. The summed E-state index contributed by atoms with van der Waals surface area (Å²) >= 11 is 0. The van der Waals surface area contributed by atoms with Crippen molar-refractivity contribution in [3.8, 4) is 17.2 Å². The molecule has 2 aromatic rings. The third-order valence-electron chi connectivity index (χ3n) is 4.58. The summed E-state index contributed by atoms with van der Waals surface area (Å²) in [6.45, 7) is -0.725. The van der Waals surface area contributed by atoms with Crippen LogP contribution in [0.3, 0.4) is 0 Å². The summed E-state index contributed by atoms with van der Waals surface area (Å²) in [5.41, 5.74) is 1.23. The van der Waals surface area contributed by atoms with E-state index in [-0.39, 0.29) is 17.2 Å². The lowest BCUT2D eigenvalue weighted by molar-refractivity contribution is -0.271. The largest absolute Gasteiger partial charge is 0.508 e. The molecule has 1 aliphatic heterocycles. The van der Waals surface area contributed by atoms with Crippen LogP contribution in [-0.2, 0) is 19.3 Å². The van der Waals surface area contributed by atoms with Gasteiger partial charge in [0.1, 0.15) is 35.6 Å². The minimum atomic E-state index is -5.06. The van der Waals surface area contributed by atoms with E-state index in [4.69, 9.17) is 14.0 Å². The molecule has 0 bridgehead atoms. The molecule has 1 fully saturated rings. The van der Waals surface area contributed by atoms with Gasteiger partial charge < -0.3 is 35.0 Å². The average Bonchev–Trinajstić information content (AvgIpc) is 2.72. The van der Waals surface area contributed by atoms with Crippen LogP contribution >= 0.6 is 0 Å². The van der Waals surface area contributed by atoms with Crippen molar-refractivity contribution >= 4 is 22.6 Å².